The van der Waals surface area contributed by atoms with Crippen molar-refractivity contribution in [1.29, 1.82) is 0 Å². The molecule has 0 bridgehead atoms. The number of carbonyl (C=O) groups is 1. The molecule has 19 heavy (non-hydrogen) atoms. The lowest BCUT2D eigenvalue weighted by molar-refractivity contribution is 0.0948. The quantitative estimate of drug-likeness (QED) is 0.656. The summed E-state index contributed by atoms with van der Waals surface area (Å²) in [5.74, 6) is -0.461. The molecule has 6 nitrogen and oxygen atoms in total. The summed E-state index contributed by atoms with van der Waals surface area (Å²) < 4.78 is 15.2. The minimum Gasteiger partial charge on any atom is -0.345 e. The van der Waals surface area contributed by atoms with Crippen LogP contribution in [0.3, 0.4) is 0 Å². The number of aromatic nitrogens is 4. The zero-order valence-electron chi connectivity index (χ0n) is 10.2. The molecule has 0 aliphatic rings. The number of nitrogens with one attached hydrogen (secondary N) is 2. The molecule has 0 radical (unpaired) electrons. The monoisotopic (exact) mass is 281 g/mol. The molecule has 8 heteroatoms. The summed E-state index contributed by atoms with van der Waals surface area (Å²) in [6, 6.07) is 2.52. The Morgan fingerprint density at radius 1 is 1.63 bits per heavy atom. The van der Waals surface area contributed by atoms with Gasteiger partial charge in [-0.3, -0.25) is 9.89 Å². The van der Waals surface area contributed by atoms with Crippen molar-refractivity contribution in [2.75, 3.05) is 0 Å². The van der Waals surface area contributed by atoms with Crippen LogP contribution in [0.2, 0.25) is 0 Å². The van der Waals surface area contributed by atoms with Crippen LogP contribution in [-0.4, -0.2) is 25.7 Å². The molecule has 2 aromatic rings. The molecule has 0 atom stereocenters. The molecule has 2 heterocycles. The fourth-order valence-corrected chi connectivity index (χ4v) is 1.90. The van der Waals surface area contributed by atoms with Gasteiger partial charge in [0.05, 0.1) is 6.54 Å². The number of halogens is 1. The number of hydrogen-bond acceptors (Lipinski definition) is 4. The molecular weight excluding hydrogens is 269 g/mol. The molecule has 2 aromatic heterocycles. The molecule has 2 rings (SSSR count). The summed E-state index contributed by atoms with van der Waals surface area (Å²) >= 11 is 5.04. The lowest BCUT2D eigenvalue weighted by Crippen LogP contribution is -2.25. The number of amides is 1. The van der Waals surface area contributed by atoms with Crippen LogP contribution in [0.25, 0.3) is 0 Å². The molecule has 0 saturated carbocycles. The SMILES string of the molecule is CCn1c(CNC(=O)c2ccnc(F)c2)n[nH]c1=S. The van der Waals surface area contributed by atoms with Gasteiger partial charge in [0.25, 0.3) is 5.91 Å². The molecule has 0 fully saturated rings. The fraction of sp³-hybridized carbons (Fsp3) is 0.273. The van der Waals surface area contributed by atoms with E-state index in [1.165, 1.54) is 12.3 Å². The van der Waals surface area contributed by atoms with Gasteiger partial charge in [-0.1, -0.05) is 0 Å². The van der Waals surface area contributed by atoms with Crippen molar-refractivity contribution in [1.82, 2.24) is 25.1 Å². The van der Waals surface area contributed by atoms with Gasteiger partial charge in [0, 0.05) is 24.4 Å². The predicted octanol–water partition coefficient (Wildman–Crippen LogP) is 1.42. The maximum absolute atomic E-state index is 12.9. The maximum atomic E-state index is 12.9. The number of carbonyl (C=O) groups excluding carboxylic acids is 1. The molecule has 0 aliphatic heterocycles. The van der Waals surface area contributed by atoms with Gasteiger partial charge in [0.15, 0.2) is 10.6 Å². The van der Waals surface area contributed by atoms with Crippen LogP contribution >= 0.6 is 12.2 Å². The lowest BCUT2D eigenvalue weighted by atomic mass is 10.2. The van der Waals surface area contributed by atoms with Crippen molar-refractivity contribution in [2.45, 2.75) is 20.0 Å². The zero-order chi connectivity index (χ0) is 13.8. The highest BCUT2D eigenvalue weighted by Gasteiger charge is 2.09. The van der Waals surface area contributed by atoms with Crippen molar-refractivity contribution < 1.29 is 9.18 Å². The molecule has 100 valence electrons. The Labute approximate surface area is 113 Å². The van der Waals surface area contributed by atoms with Gasteiger partial charge in [-0.25, -0.2) is 4.98 Å². The third kappa shape index (κ3) is 3.02. The maximum Gasteiger partial charge on any atom is 0.251 e. The topological polar surface area (TPSA) is 75.6 Å². The molecule has 0 unspecified atom stereocenters. The van der Waals surface area contributed by atoms with E-state index >= 15 is 0 Å². The van der Waals surface area contributed by atoms with Crippen LogP contribution < -0.4 is 5.32 Å². The summed E-state index contributed by atoms with van der Waals surface area (Å²) in [5.41, 5.74) is 0.213. The van der Waals surface area contributed by atoms with Crippen molar-refractivity contribution in [3.8, 4) is 0 Å². The van der Waals surface area contributed by atoms with Gasteiger partial charge in [-0.05, 0) is 25.2 Å². The first-order valence-corrected chi connectivity index (χ1v) is 6.06. The largest absolute Gasteiger partial charge is 0.345 e. The van der Waals surface area contributed by atoms with Crippen molar-refractivity contribution in [3.63, 3.8) is 0 Å². The predicted molar refractivity (Wildman–Crippen MR) is 68.5 cm³/mol. The van der Waals surface area contributed by atoms with E-state index in [-0.39, 0.29) is 12.1 Å². The Bertz CT molecular complexity index is 651. The summed E-state index contributed by atoms with van der Waals surface area (Å²) in [5, 5.41) is 9.32. The molecule has 1 amide bonds. The van der Waals surface area contributed by atoms with Crippen molar-refractivity contribution >= 4 is 18.1 Å². The number of H-pyrrole nitrogens is 1. The van der Waals surface area contributed by atoms with E-state index in [2.05, 4.69) is 20.5 Å². The second-order valence-corrected chi connectivity index (χ2v) is 4.13. The molecule has 2 N–H and O–H groups in total. The minimum atomic E-state index is -0.691. The van der Waals surface area contributed by atoms with Crippen molar-refractivity contribution in [2.24, 2.45) is 0 Å². The number of rotatable bonds is 4. The van der Waals surface area contributed by atoms with Crippen LogP contribution in [-0.2, 0) is 13.1 Å². The summed E-state index contributed by atoms with van der Waals surface area (Å²) in [6.07, 6.45) is 1.24. The van der Waals surface area contributed by atoms with E-state index in [1.54, 1.807) is 4.57 Å². The Kier molecular flexibility index (Phi) is 4.00. The van der Waals surface area contributed by atoms with E-state index in [0.29, 0.717) is 17.1 Å². The average Bonchev–Trinajstić information content (AvgIpc) is 2.76. The van der Waals surface area contributed by atoms with Gasteiger partial charge >= 0.3 is 0 Å². The van der Waals surface area contributed by atoms with Gasteiger partial charge < -0.3 is 9.88 Å². The third-order valence-electron chi connectivity index (χ3n) is 2.55. The molecule has 0 aromatic carbocycles. The van der Waals surface area contributed by atoms with Crippen molar-refractivity contribution in [3.05, 3.63) is 40.4 Å². The normalized spacial score (nSPS) is 10.4. The summed E-state index contributed by atoms with van der Waals surface area (Å²) in [4.78, 5) is 15.2. The van der Waals surface area contributed by atoms with Crippen LogP contribution in [0.5, 0.6) is 0 Å². The second kappa shape index (κ2) is 5.70. The second-order valence-electron chi connectivity index (χ2n) is 3.74. The Balaban J connectivity index is 2.06. The summed E-state index contributed by atoms with van der Waals surface area (Å²) in [6.45, 7) is 2.79. The smallest absolute Gasteiger partial charge is 0.251 e. The summed E-state index contributed by atoms with van der Waals surface area (Å²) in [7, 11) is 0. The minimum absolute atomic E-state index is 0.212. The van der Waals surface area contributed by atoms with Gasteiger partial charge in [-0.2, -0.15) is 9.49 Å². The highest BCUT2D eigenvalue weighted by molar-refractivity contribution is 7.71. The molecule has 0 spiro atoms. The van der Waals surface area contributed by atoms with E-state index in [4.69, 9.17) is 12.2 Å². The Morgan fingerprint density at radius 2 is 2.42 bits per heavy atom. The fourth-order valence-electron chi connectivity index (χ4n) is 1.62. The van der Waals surface area contributed by atoms with E-state index in [1.807, 2.05) is 6.92 Å². The van der Waals surface area contributed by atoms with Crippen LogP contribution in [0.4, 0.5) is 4.39 Å². The highest BCUT2D eigenvalue weighted by Crippen LogP contribution is 2.02. The third-order valence-corrected chi connectivity index (χ3v) is 2.86. The first-order valence-electron chi connectivity index (χ1n) is 5.65. The molecule has 0 aliphatic carbocycles. The number of aromatic amines is 1. The van der Waals surface area contributed by atoms with Gasteiger partial charge in [0.1, 0.15) is 0 Å². The first-order chi connectivity index (χ1) is 9.11. The van der Waals surface area contributed by atoms with E-state index in [0.717, 1.165) is 6.07 Å². The Morgan fingerprint density at radius 3 is 3.11 bits per heavy atom. The van der Waals surface area contributed by atoms with Crippen LogP contribution in [0, 0.1) is 10.7 Å². The Hall–Kier alpha value is -2.09. The number of pyridine rings is 1. The average molecular weight is 281 g/mol. The first kappa shape index (κ1) is 13.3. The lowest BCUT2D eigenvalue weighted by Gasteiger charge is -2.06. The van der Waals surface area contributed by atoms with Gasteiger partial charge in [-0.15, -0.1) is 0 Å². The van der Waals surface area contributed by atoms with E-state index < -0.39 is 11.9 Å². The van der Waals surface area contributed by atoms with Crippen LogP contribution in [0.15, 0.2) is 18.3 Å². The van der Waals surface area contributed by atoms with Crippen LogP contribution in [0.1, 0.15) is 23.1 Å². The number of hydrogen-bond donors (Lipinski definition) is 2. The standard InChI is InChI=1S/C11H12FN5OS/c1-2-17-9(15-16-11(17)19)6-14-10(18)7-3-4-13-8(12)5-7/h3-5H,2,6H2,1H3,(H,14,18)(H,16,19). The molecular formula is C11H12FN5OS. The van der Waals surface area contributed by atoms with Gasteiger partial charge in [0.2, 0.25) is 5.95 Å². The zero-order valence-corrected chi connectivity index (χ0v) is 11.0. The number of nitrogens with zero attached hydrogens (tertiary/aromatic N) is 3. The van der Waals surface area contributed by atoms with E-state index in [9.17, 15) is 9.18 Å². The highest BCUT2D eigenvalue weighted by atomic mass is 32.1. The molecule has 0 saturated heterocycles.